The van der Waals surface area contributed by atoms with Crippen LogP contribution < -0.4 is 34.1 Å². The maximum Gasteiger partial charge on any atom is 0.221 e. The van der Waals surface area contributed by atoms with Crippen molar-refractivity contribution in [1.29, 1.82) is 0 Å². The first kappa shape index (κ1) is 22.7. The largest absolute Gasteiger partial charge is 1.00 e. The van der Waals surface area contributed by atoms with Crippen LogP contribution >= 0.6 is 7.26 Å². The lowest BCUT2D eigenvalue weighted by Crippen LogP contribution is -3.00. The number of amides is 1. The Balaban J connectivity index is 0.00000272. The van der Waals surface area contributed by atoms with Crippen LogP contribution in [0.3, 0.4) is 0 Å². The molecule has 0 atom stereocenters. The normalized spacial score (nSPS) is 10.8. The van der Waals surface area contributed by atoms with E-state index in [4.69, 9.17) is 5.73 Å². The van der Waals surface area contributed by atoms with Crippen LogP contribution in [0.2, 0.25) is 0 Å². The van der Waals surface area contributed by atoms with Crippen molar-refractivity contribution < 1.29 is 17.2 Å². The molecule has 4 heteroatoms. The zero-order chi connectivity index (χ0) is 20.8. The minimum atomic E-state index is -2.08. The zero-order valence-corrected chi connectivity index (χ0v) is 18.8. The van der Waals surface area contributed by atoms with Gasteiger partial charge in [-0.3, -0.25) is 4.79 Å². The van der Waals surface area contributed by atoms with Crippen molar-refractivity contribution in [3.63, 3.8) is 0 Å². The average molecular weight is 446 g/mol. The Morgan fingerprint density at radius 2 is 1.10 bits per heavy atom. The topological polar surface area (TPSA) is 43.1 Å². The maximum absolute atomic E-state index is 11.9. The minimum absolute atomic E-state index is 0. The Labute approximate surface area is 190 Å². The lowest BCUT2D eigenvalue weighted by Gasteiger charge is -2.29. The minimum Gasteiger partial charge on any atom is -1.00 e. The van der Waals surface area contributed by atoms with Gasteiger partial charge >= 0.3 is 0 Å². The van der Waals surface area contributed by atoms with Gasteiger partial charge in [0.2, 0.25) is 5.91 Å². The summed E-state index contributed by atoms with van der Waals surface area (Å²) in [5.74, 6) is -0.304. The zero-order valence-electron chi connectivity index (χ0n) is 17.2. The highest BCUT2D eigenvalue weighted by Gasteiger charge is 2.46. The standard InChI is InChI=1S/C27H24NOP.ClH/c28-27(29)20-23-14-10-11-19-26(23)30(24-15-6-2-7-16-24,25-17-8-3-9-18-25)21-22-12-4-1-5-13-22;/h1-19H,20-21H2,(H-,28,29);1H. The number of carbonyl (C=O) groups excluding carboxylic acids is 1. The van der Waals surface area contributed by atoms with E-state index in [1.807, 2.05) is 12.1 Å². The van der Waals surface area contributed by atoms with E-state index in [1.54, 1.807) is 0 Å². The highest BCUT2D eigenvalue weighted by molar-refractivity contribution is 7.95. The molecular weight excluding hydrogens is 421 g/mol. The van der Waals surface area contributed by atoms with Crippen molar-refractivity contribution >= 4 is 29.1 Å². The van der Waals surface area contributed by atoms with Crippen LogP contribution in [0, 0.1) is 0 Å². The Kier molecular flexibility index (Phi) is 7.63. The van der Waals surface area contributed by atoms with Gasteiger partial charge in [0.15, 0.2) is 0 Å². The van der Waals surface area contributed by atoms with E-state index in [2.05, 4.69) is 103 Å². The Hall–Kier alpha value is -2.93. The van der Waals surface area contributed by atoms with Crippen molar-refractivity contribution in [2.24, 2.45) is 5.73 Å². The van der Waals surface area contributed by atoms with Gasteiger partial charge in [0.25, 0.3) is 0 Å². The lowest BCUT2D eigenvalue weighted by atomic mass is 10.1. The molecule has 31 heavy (non-hydrogen) atoms. The van der Waals surface area contributed by atoms with Gasteiger partial charge in [0.1, 0.15) is 23.2 Å². The molecule has 0 heterocycles. The number of hydrogen-bond acceptors (Lipinski definition) is 1. The molecule has 1 amide bonds. The summed E-state index contributed by atoms with van der Waals surface area (Å²) in [7, 11) is -2.08. The van der Waals surface area contributed by atoms with E-state index in [0.29, 0.717) is 0 Å². The number of carbonyl (C=O) groups is 1. The second-order valence-corrected chi connectivity index (χ2v) is 10.8. The van der Waals surface area contributed by atoms with Crippen LogP contribution in [-0.4, -0.2) is 5.91 Å². The molecule has 0 spiro atoms. The Morgan fingerprint density at radius 3 is 1.61 bits per heavy atom. The van der Waals surface area contributed by atoms with E-state index in [9.17, 15) is 4.79 Å². The van der Waals surface area contributed by atoms with E-state index in [-0.39, 0.29) is 24.7 Å². The van der Waals surface area contributed by atoms with Crippen LogP contribution in [0.25, 0.3) is 0 Å². The first-order chi connectivity index (χ1) is 14.7. The highest BCUT2D eigenvalue weighted by atomic mass is 35.5. The molecule has 2 nitrogen and oxygen atoms in total. The molecule has 0 aliphatic heterocycles. The fourth-order valence-electron chi connectivity index (χ4n) is 4.14. The molecule has 0 fully saturated rings. The number of hydrogen-bond donors (Lipinski definition) is 1. The van der Waals surface area contributed by atoms with Crippen LogP contribution in [0.5, 0.6) is 0 Å². The van der Waals surface area contributed by atoms with Gasteiger partial charge in [-0.05, 0) is 35.9 Å². The Bertz CT molecular complexity index is 1080. The third-order valence-electron chi connectivity index (χ3n) is 5.42. The smallest absolute Gasteiger partial charge is 0.221 e. The van der Waals surface area contributed by atoms with E-state index >= 15 is 0 Å². The summed E-state index contributed by atoms with van der Waals surface area (Å²) >= 11 is 0. The van der Waals surface area contributed by atoms with Crippen LogP contribution in [0.4, 0.5) is 0 Å². The summed E-state index contributed by atoms with van der Waals surface area (Å²) in [6.07, 6.45) is 1.13. The molecule has 4 aromatic carbocycles. The number of rotatable bonds is 7. The van der Waals surface area contributed by atoms with E-state index in [1.165, 1.54) is 21.5 Å². The second kappa shape index (κ2) is 10.4. The maximum atomic E-state index is 11.9. The number of halogens is 1. The molecule has 0 bridgehead atoms. The summed E-state index contributed by atoms with van der Waals surface area (Å²) in [6.45, 7) is 0. The molecule has 4 aromatic rings. The number of nitrogens with two attached hydrogens (primary N) is 1. The van der Waals surface area contributed by atoms with Crippen molar-refractivity contribution in [1.82, 2.24) is 0 Å². The molecular formula is C27H25ClNOP. The van der Waals surface area contributed by atoms with Crippen molar-refractivity contribution in [3.8, 4) is 0 Å². The summed E-state index contributed by atoms with van der Waals surface area (Å²) in [6, 6.07) is 40.4. The van der Waals surface area contributed by atoms with Crippen molar-refractivity contribution in [3.05, 3.63) is 126 Å². The molecule has 156 valence electrons. The first-order valence-electron chi connectivity index (χ1n) is 10.1. The summed E-state index contributed by atoms with van der Waals surface area (Å²) < 4.78 is 0. The van der Waals surface area contributed by atoms with Crippen molar-refractivity contribution in [2.45, 2.75) is 12.6 Å². The van der Waals surface area contributed by atoms with Crippen molar-refractivity contribution in [2.75, 3.05) is 0 Å². The SMILES string of the molecule is NC(=O)Cc1ccccc1[P+](Cc1ccccc1)(c1ccccc1)c1ccccc1.[Cl-]. The fourth-order valence-corrected chi connectivity index (χ4v) is 8.63. The fraction of sp³-hybridized carbons (Fsp3) is 0.0741. The third-order valence-corrected chi connectivity index (χ3v) is 9.88. The predicted molar refractivity (Wildman–Crippen MR) is 128 cm³/mol. The van der Waals surface area contributed by atoms with Gasteiger partial charge in [-0.25, -0.2) is 0 Å². The van der Waals surface area contributed by atoms with Gasteiger partial charge in [0, 0.05) is 5.56 Å². The van der Waals surface area contributed by atoms with Gasteiger partial charge in [-0.1, -0.05) is 84.9 Å². The van der Waals surface area contributed by atoms with Gasteiger partial charge in [0.05, 0.1) is 12.6 Å². The molecule has 4 rings (SSSR count). The highest BCUT2D eigenvalue weighted by Crippen LogP contribution is 2.58. The van der Waals surface area contributed by atoms with Crippen LogP contribution in [0.15, 0.2) is 115 Å². The monoisotopic (exact) mass is 445 g/mol. The molecule has 0 radical (unpaired) electrons. The number of primary amides is 1. The van der Waals surface area contributed by atoms with Gasteiger partial charge in [-0.2, -0.15) is 0 Å². The quantitative estimate of drug-likeness (QED) is 0.427. The molecule has 0 aromatic heterocycles. The van der Waals surface area contributed by atoms with E-state index < -0.39 is 7.26 Å². The molecule has 0 saturated heterocycles. The van der Waals surface area contributed by atoms with Gasteiger partial charge in [-0.15, -0.1) is 0 Å². The van der Waals surface area contributed by atoms with E-state index in [0.717, 1.165) is 11.7 Å². The second-order valence-electron chi connectivity index (χ2n) is 7.40. The van der Waals surface area contributed by atoms with Crippen LogP contribution in [-0.2, 0) is 17.4 Å². The average Bonchev–Trinajstić information content (AvgIpc) is 2.79. The summed E-state index contributed by atoms with van der Waals surface area (Å²) in [5.41, 5.74) is 7.94. The molecule has 0 saturated carbocycles. The molecule has 0 unspecified atom stereocenters. The lowest BCUT2D eigenvalue weighted by molar-refractivity contribution is -0.117. The van der Waals surface area contributed by atoms with Crippen LogP contribution in [0.1, 0.15) is 11.1 Å². The summed E-state index contributed by atoms with van der Waals surface area (Å²) in [5, 5.41) is 3.83. The van der Waals surface area contributed by atoms with Gasteiger partial charge < -0.3 is 18.1 Å². The third kappa shape index (κ3) is 4.88. The first-order valence-corrected chi connectivity index (χ1v) is 12.1. The predicted octanol–water partition coefficient (Wildman–Crippen LogP) is 1.21. The number of benzene rings is 4. The molecule has 0 aliphatic carbocycles. The molecule has 2 N–H and O–H groups in total. The Morgan fingerprint density at radius 1 is 0.645 bits per heavy atom. The molecule has 0 aliphatic rings. The summed E-state index contributed by atoms with van der Waals surface area (Å²) in [4.78, 5) is 11.9.